The Morgan fingerprint density at radius 2 is 2.18 bits per heavy atom. The number of phenols is 1. The number of phenolic OH excluding ortho intramolecular Hbond substituents is 1. The average Bonchev–Trinajstić information content (AvgIpc) is 2.22. The number of piperidine rings is 1. The van der Waals surface area contributed by atoms with Gasteiger partial charge in [-0.15, -0.1) is 0 Å². The maximum atomic E-state index is 9.84. The number of hydrogen-bond acceptors (Lipinski definition) is 3. The molecular weight excluding hydrogens is 212 g/mol. The second-order valence-corrected chi connectivity index (χ2v) is 5.43. The van der Waals surface area contributed by atoms with E-state index in [4.69, 9.17) is 5.73 Å². The Morgan fingerprint density at radius 3 is 2.88 bits per heavy atom. The molecular formula is C14H22N2O. The quantitative estimate of drug-likeness (QED) is 0.821. The summed E-state index contributed by atoms with van der Waals surface area (Å²) in [6, 6.07) is 6.03. The van der Waals surface area contributed by atoms with Crippen LogP contribution in [0.1, 0.15) is 24.5 Å². The minimum absolute atomic E-state index is 0.269. The van der Waals surface area contributed by atoms with Crippen LogP contribution in [0.5, 0.6) is 5.75 Å². The van der Waals surface area contributed by atoms with Crippen molar-refractivity contribution in [1.29, 1.82) is 0 Å². The molecule has 94 valence electrons. The molecule has 0 bridgehead atoms. The topological polar surface area (TPSA) is 49.5 Å². The standard InChI is InChI=1S/C14H22N2O/c1-10-3-4-14(17)12(5-10)8-16-7-11(2)6-13(15)9-16/h3-5,11,13,17H,6-9,15H2,1-2H3. The molecule has 0 aromatic heterocycles. The van der Waals surface area contributed by atoms with E-state index in [0.29, 0.717) is 11.7 Å². The van der Waals surface area contributed by atoms with E-state index in [2.05, 4.69) is 17.9 Å². The van der Waals surface area contributed by atoms with Gasteiger partial charge in [0, 0.05) is 31.2 Å². The summed E-state index contributed by atoms with van der Waals surface area (Å²) < 4.78 is 0. The van der Waals surface area contributed by atoms with Crippen molar-refractivity contribution in [2.75, 3.05) is 13.1 Å². The molecule has 0 spiro atoms. The predicted molar refractivity (Wildman–Crippen MR) is 69.9 cm³/mol. The Bertz CT molecular complexity index is 382. The fraction of sp³-hybridized carbons (Fsp3) is 0.571. The monoisotopic (exact) mass is 234 g/mol. The van der Waals surface area contributed by atoms with Gasteiger partial charge >= 0.3 is 0 Å². The molecule has 0 radical (unpaired) electrons. The lowest BCUT2D eigenvalue weighted by Gasteiger charge is -2.34. The molecule has 0 amide bonds. The third-order valence-corrected chi connectivity index (χ3v) is 3.40. The number of benzene rings is 1. The third-order valence-electron chi connectivity index (χ3n) is 3.40. The summed E-state index contributed by atoms with van der Waals surface area (Å²) in [5, 5.41) is 9.84. The van der Waals surface area contributed by atoms with E-state index in [-0.39, 0.29) is 6.04 Å². The van der Waals surface area contributed by atoms with Gasteiger partial charge in [-0.3, -0.25) is 4.90 Å². The van der Waals surface area contributed by atoms with Crippen molar-refractivity contribution in [3.63, 3.8) is 0 Å². The third kappa shape index (κ3) is 3.20. The Kier molecular flexibility index (Phi) is 3.69. The van der Waals surface area contributed by atoms with E-state index < -0.39 is 0 Å². The molecule has 17 heavy (non-hydrogen) atoms. The molecule has 1 aromatic carbocycles. The fourth-order valence-corrected chi connectivity index (χ4v) is 2.72. The van der Waals surface area contributed by atoms with Crippen LogP contribution in [0.3, 0.4) is 0 Å². The molecule has 0 saturated carbocycles. The summed E-state index contributed by atoms with van der Waals surface area (Å²) in [6.45, 7) is 7.08. The van der Waals surface area contributed by atoms with E-state index in [1.165, 1.54) is 5.56 Å². The lowest BCUT2D eigenvalue weighted by atomic mass is 9.96. The number of aromatic hydroxyl groups is 1. The molecule has 0 aliphatic carbocycles. The van der Waals surface area contributed by atoms with Crippen LogP contribution < -0.4 is 5.73 Å². The summed E-state index contributed by atoms with van der Waals surface area (Å²) in [6.07, 6.45) is 1.11. The molecule has 1 fully saturated rings. The molecule has 3 N–H and O–H groups in total. The zero-order chi connectivity index (χ0) is 12.4. The normalized spacial score (nSPS) is 26.1. The first kappa shape index (κ1) is 12.4. The highest BCUT2D eigenvalue weighted by Gasteiger charge is 2.22. The van der Waals surface area contributed by atoms with Crippen molar-refractivity contribution in [2.45, 2.75) is 32.9 Å². The van der Waals surface area contributed by atoms with Crippen molar-refractivity contribution in [3.8, 4) is 5.75 Å². The fourth-order valence-electron chi connectivity index (χ4n) is 2.72. The minimum Gasteiger partial charge on any atom is -0.508 e. The molecule has 2 rings (SSSR count). The first-order valence-corrected chi connectivity index (χ1v) is 6.31. The largest absolute Gasteiger partial charge is 0.508 e. The van der Waals surface area contributed by atoms with Gasteiger partial charge in [-0.05, 0) is 25.3 Å². The van der Waals surface area contributed by atoms with E-state index in [9.17, 15) is 5.11 Å². The molecule has 1 saturated heterocycles. The molecule has 1 aromatic rings. The van der Waals surface area contributed by atoms with E-state index in [1.807, 2.05) is 13.0 Å². The summed E-state index contributed by atoms with van der Waals surface area (Å²) in [5.74, 6) is 1.04. The van der Waals surface area contributed by atoms with E-state index in [1.54, 1.807) is 6.07 Å². The van der Waals surface area contributed by atoms with Crippen molar-refractivity contribution < 1.29 is 5.11 Å². The summed E-state index contributed by atoms with van der Waals surface area (Å²) in [4.78, 5) is 2.34. The number of nitrogens with zero attached hydrogens (tertiary/aromatic N) is 1. The van der Waals surface area contributed by atoms with Gasteiger partial charge in [0.05, 0.1) is 0 Å². The second kappa shape index (κ2) is 5.07. The van der Waals surface area contributed by atoms with Crippen LogP contribution in [0.4, 0.5) is 0 Å². The van der Waals surface area contributed by atoms with E-state index in [0.717, 1.165) is 31.6 Å². The highest BCUT2D eigenvalue weighted by atomic mass is 16.3. The minimum atomic E-state index is 0.269. The second-order valence-electron chi connectivity index (χ2n) is 5.43. The Morgan fingerprint density at radius 1 is 1.41 bits per heavy atom. The van der Waals surface area contributed by atoms with Crippen molar-refractivity contribution >= 4 is 0 Å². The molecule has 1 aliphatic rings. The highest BCUT2D eigenvalue weighted by Crippen LogP contribution is 2.23. The van der Waals surface area contributed by atoms with Crippen LogP contribution in [0.25, 0.3) is 0 Å². The van der Waals surface area contributed by atoms with Gasteiger partial charge in [-0.1, -0.05) is 24.6 Å². The number of aryl methyl sites for hydroxylation is 1. The maximum absolute atomic E-state index is 9.84. The van der Waals surface area contributed by atoms with Gasteiger partial charge < -0.3 is 10.8 Å². The molecule has 3 heteroatoms. The number of rotatable bonds is 2. The van der Waals surface area contributed by atoms with Crippen LogP contribution in [0.2, 0.25) is 0 Å². The first-order chi connectivity index (χ1) is 8.04. The van der Waals surface area contributed by atoms with Crippen LogP contribution in [0, 0.1) is 12.8 Å². The lowest BCUT2D eigenvalue weighted by Crippen LogP contribution is -2.45. The lowest BCUT2D eigenvalue weighted by molar-refractivity contribution is 0.157. The molecule has 1 heterocycles. The van der Waals surface area contributed by atoms with Gasteiger partial charge in [0.25, 0.3) is 0 Å². The van der Waals surface area contributed by atoms with Crippen LogP contribution in [-0.4, -0.2) is 29.1 Å². The number of hydrogen-bond donors (Lipinski definition) is 2. The smallest absolute Gasteiger partial charge is 0.120 e. The van der Waals surface area contributed by atoms with Crippen LogP contribution in [-0.2, 0) is 6.54 Å². The molecule has 2 atom stereocenters. The maximum Gasteiger partial charge on any atom is 0.120 e. The van der Waals surface area contributed by atoms with Gasteiger partial charge in [0.15, 0.2) is 0 Å². The molecule has 3 nitrogen and oxygen atoms in total. The van der Waals surface area contributed by atoms with Crippen molar-refractivity contribution in [3.05, 3.63) is 29.3 Å². The SMILES string of the molecule is Cc1ccc(O)c(CN2CC(C)CC(N)C2)c1. The Balaban J connectivity index is 2.07. The Labute approximate surface area is 103 Å². The summed E-state index contributed by atoms with van der Waals surface area (Å²) in [5.41, 5.74) is 8.23. The summed E-state index contributed by atoms with van der Waals surface area (Å²) in [7, 11) is 0. The first-order valence-electron chi connectivity index (χ1n) is 6.31. The van der Waals surface area contributed by atoms with Crippen LogP contribution in [0.15, 0.2) is 18.2 Å². The van der Waals surface area contributed by atoms with Crippen LogP contribution >= 0.6 is 0 Å². The Hall–Kier alpha value is -1.06. The molecule has 1 aliphatic heterocycles. The number of nitrogens with two attached hydrogens (primary N) is 1. The van der Waals surface area contributed by atoms with Gasteiger partial charge in [-0.25, -0.2) is 0 Å². The van der Waals surface area contributed by atoms with Gasteiger partial charge in [0.1, 0.15) is 5.75 Å². The highest BCUT2D eigenvalue weighted by molar-refractivity contribution is 5.35. The average molecular weight is 234 g/mol. The number of likely N-dealkylation sites (tertiary alicyclic amines) is 1. The van der Waals surface area contributed by atoms with Gasteiger partial charge in [0.2, 0.25) is 0 Å². The summed E-state index contributed by atoms with van der Waals surface area (Å²) >= 11 is 0. The van der Waals surface area contributed by atoms with Crippen molar-refractivity contribution in [2.24, 2.45) is 11.7 Å². The van der Waals surface area contributed by atoms with Crippen molar-refractivity contribution in [1.82, 2.24) is 4.90 Å². The molecule has 2 unspecified atom stereocenters. The zero-order valence-corrected chi connectivity index (χ0v) is 10.7. The van der Waals surface area contributed by atoms with E-state index >= 15 is 0 Å². The predicted octanol–water partition coefficient (Wildman–Crippen LogP) is 1.87. The van der Waals surface area contributed by atoms with Gasteiger partial charge in [-0.2, -0.15) is 0 Å². The zero-order valence-electron chi connectivity index (χ0n) is 10.7.